The molecule has 1 saturated heterocycles. The molecule has 0 amide bonds. The summed E-state index contributed by atoms with van der Waals surface area (Å²) in [7, 11) is -1.95. The molecular formula is C19H23ClN2O3S. The summed E-state index contributed by atoms with van der Waals surface area (Å²) in [6.07, 6.45) is 2.27. The molecule has 140 valence electrons. The van der Waals surface area contributed by atoms with Crippen LogP contribution in [0.4, 0.5) is 0 Å². The van der Waals surface area contributed by atoms with Gasteiger partial charge in [-0.15, -0.1) is 0 Å². The number of nitrogens with zero attached hydrogens (tertiary/aromatic N) is 1. The summed E-state index contributed by atoms with van der Waals surface area (Å²) in [4.78, 5) is 2.54. The summed E-state index contributed by atoms with van der Waals surface area (Å²) in [6, 6.07) is 14.0. The molecule has 3 rings (SSSR count). The molecule has 0 spiro atoms. The maximum absolute atomic E-state index is 12.6. The molecule has 2 aromatic rings. The first-order chi connectivity index (χ1) is 12.5. The van der Waals surface area contributed by atoms with Gasteiger partial charge < -0.3 is 4.74 Å². The summed E-state index contributed by atoms with van der Waals surface area (Å²) in [5.74, 6) is 0.788. The average Bonchev–Trinajstić information content (AvgIpc) is 3.17. The highest BCUT2D eigenvalue weighted by atomic mass is 35.5. The quantitative estimate of drug-likeness (QED) is 0.781. The Morgan fingerprint density at radius 1 is 1.08 bits per heavy atom. The minimum absolute atomic E-state index is 0.00881. The van der Waals surface area contributed by atoms with E-state index in [2.05, 4.69) is 9.62 Å². The lowest BCUT2D eigenvalue weighted by Crippen LogP contribution is -2.36. The number of halogens is 1. The van der Waals surface area contributed by atoms with Gasteiger partial charge in [-0.05, 0) is 67.9 Å². The van der Waals surface area contributed by atoms with E-state index in [1.54, 1.807) is 19.2 Å². The number of ether oxygens (including phenoxy) is 1. The number of sulfonamides is 1. The van der Waals surface area contributed by atoms with E-state index >= 15 is 0 Å². The first-order valence-electron chi connectivity index (χ1n) is 8.63. The fourth-order valence-corrected chi connectivity index (χ4v) is 4.39. The lowest BCUT2D eigenvalue weighted by atomic mass is 10.1. The first kappa shape index (κ1) is 19.2. The van der Waals surface area contributed by atoms with Crippen LogP contribution in [-0.4, -0.2) is 40.1 Å². The third kappa shape index (κ3) is 4.57. The molecule has 5 nitrogen and oxygen atoms in total. The van der Waals surface area contributed by atoms with Gasteiger partial charge in [-0.1, -0.05) is 23.7 Å². The van der Waals surface area contributed by atoms with Crippen LogP contribution < -0.4 is 9.46 Å². The number of likely N-dealkylation sites (tertiary alicyclic amines) is 1. The zero-order chi connectivity index (χ0) is 18.6. The zero-order valence-corrected chi connectivity index (χ0v) is 16.3. The second-order valence-corrected chi connectivity index (χ2v) is 8.54. The third-order valence-corrected chi connectivity index (χ3v) is 6.36. The minimum atomic E-state index is -3.58. The van der Waals surface area contributed by atoms with Crippen LogP contribution >= 0.6 is 11.6 Å². The predicted octanol–water partition coefficient (Wildman–Crippen LogP) is 3.46. The largest absolute Gasteiger partial charge is 0.497 e. The first-order valence-corrected chi connectivity index (χ1v) is 10.5. The number of hydrogen-bond donors (Lipinski definition) is 1. The highest BCUT2D eigenvalue weighted by Crippen LogP contribution is 2.27. The van der Waals surface area contributed by atoms with Crippen LogP contribution in [0, 0.1) is 0 Å². The zero-order valence-electron chi connectivity index (χ0n) is 14.7. The highest BCUT2D eigenvalue weighted by Gasteiger charge is 2.25. The molecule has 1 N–H and O–H groups in total. The van der Waals surface area contributed by atoms with E-state index in [9.17, 15) is 8.42 Å². The average molecular weight is 395 g/mol. The van der Waals surface area contributed by atoms with E-state index in [0.29, 0.717) is 11.6 Å². The number of hydrogen-bond acceptors (Lipinski definition) is 4. The lowest BCUT2D eigenvalue weighted by molar-refractivity contribution is 0.246. The van der Waals surface area contributed by atoms with E-state index in [-0.39, 0.29) is 10.9 Å². The topological polar surface area (TPSA) is 58.6 Å². The molecule has 2 aromatic carbocycles. The minimum Gasteiger partial charge on any atom is -0.497 e. The summed E-state index contributed by atoms with van der Waals surface area (Å²) in [5.41, 5.74) is 1.08. The van der Waals surface area contributed by atoms with Crippen LogP contribution in [0.15, 0.2) is 53.4 Å². The molecule has 26 heavy (non-hydrogen) atoms. The molecule has 1 aliphatic heterocycles. The Morgan fingerprint density at radius 2 is 1.69 bits per heavy atom. The fraction of sp³-hybridized carbons (Fsp3) is 0.368. The molecular weight excluding hydrogens is 372 g/mol. The van der Waals surface area contributed by atoms with Crippen LogP contribution in [0.1, 0.15) is 24.4 Å². The van der Waals surface area contributed by atoms with E-state index in [4.69, 9.17) is 16.3 Å². The van der Waals surface area contributed by atoms with Crippen molar-refractivity contribution in [1.29, 1.82) is 0 Å². The lowest BCUT2D eigenvalue weighted by Gasteiger charge is -2.28. The SMILES string of the molecule is COc1ccc(C(CNS(=O)(=O)c2ccc(Cl)cc2)N2CCCC2)cc1. The second-order valence-electron chi connectivity index (χ2n) is 6.34. The maximum atomic E-state index is 12.6. The van der Waals surface area contributed by atoms with Crippen LogP contribution in [0.2, 0.25) is 5.02 Å². The Hall–Kier alpha value is -1.60. The van der Waals surface area contributed by atoms with E-state index in [1.165, 1.54) is 12.1 Å². The third-order valence-electron chi connectivity index (χ3n) is 4.67. The molecule has 1 aliphatic rings. The van der Waals surface area contributed by atoms with Crippen molar-refractivity contribution in [3.63, 3.8) is 0 Å². The number of rotatable bonds is 7. The standard InChI is InChI=1S/C19H23ClN2O3S/c1-25-17-8-4-15(5-9-17)19(22-12-2-3-13-22)14-21-26(23,24)18-10-6-16(20)7-11-18/h4-11,19,21H,2-3,12-14H2,1H3. The van der Waals surface area contributed by atoms with Crippen molar-refractivity contribution in [2.45, 2.75) is 23.8 Å². The summed E-state index contributed by atoms with van der Waals surface area (Å²) in [6.45, 7) is 2.26. The van der Waals surface area contributed by atoms with E-state index in [1.807, 2.05) is 24.3 Å². The second kappa shape index (κ2) is 8.39. The Balaban J connectivity index is 1.78. The van der Waals surface area contributed by atoms with Crippen molar-refractivity contribution in [1.82, 2.24) is 9.62 Å². The van der Waals surface area contributed by atoms with Crippen molar-refractivity contribution >= 4 is 21.6 Å². The maximum Gasteiger partial charge on any atom is 0.240 e. The number of methoxy groups -OCH3 is 1. The highest BCUT2D eigenvalue weighted by molar-refractivity contribution is 7.89. The summed E-state index contributed by atoms with van der Waals surface area (Å²) < 4.78 is 33.2. The molecule has 0 bridgehead atoms. The Labute approximate surface area is 160 Å². The molecule has 1 heterocycles. The summed E-state index contributed by atoms with van der Waals surface area (Å²) in [5, 5.41) is 0.511. The van der Waals surface area contributed by atoms with Gasteiger partial charge in [0, 0.05) is 17.6 Å². The van der Waals surface area contributed by atoms with Gasteiger partial charge in [-0.3, -0.25) is 4.90 Å². The van der Waals surface area contributed by atoms with Gasteiger partial charge in [-0.25, -0.2) is 13.1 Å². The van der Waals surface area contributed by atoms with Gasteiger partial charge in [0.1, 0.15) is 5.75 Å². The van der Waals surface area contributed by atoms with Crippen molar-refractivity contribution in [2.24, 2.45) is 0 Å². The van der Waals surface area contributed by atoms with E-state index in [0.717, 1.165) is 37.2 Å². The molecule has 0 aliphatic carbocycles. The van der Waals surface area contributed by atoms with Crippen molar-refractivity contribution < 1.29 is 13.2 Å². The Morgan fingerprint density at radius 3 is 2.27 bits per heavy atom. The van der Waals surface area contributed by atoms with Crippen LogP contribution in [0.3, 0.4) is 0 Å². The molecule has 0 radical (unpaired) electrons. The van der Waals surface area contributed by atoms with Crippen molar-refractivity contribution in [3.8, 4) is 5.75 Å². The van der Waals surface area contributed by atoms with Crippen LogP contribution in [0.25, 0.3) is 0 Å². The monoisotopic (exact) mass is 394 g/mol. The van der Waals surface area contributed by atoms with Crippen molar-refractivity contribution in [3.05, 3.63) is 59.1 Å². The van der Waals surface area contributed by atoms with Gasteiger partial charge in [0.15, 0.2) is 0 Å². The van der Waals surface area contributed by atoms with Crippen LogP contribution in [-0.2, 0) is 10.0 Å². The number of benzene rings is 2. The fourth-order valence-electron chi connectivity index (χ4n) is 3.22. The normalized spacial score (nSPS) is 16.5. The van der Waals surface area contributed by atoms with Crippen LogP contribution in [0.5, 0.6) is 5.75 Å². The smallest absolute Gasteiger partial charge is 0.240 e. The van der Waals surface area contributed by atoms with Gasteiger partial charge >= 0.3 is 0 Å². The predicted molar refractivity (Wildman–Crippen MR) is 103 cm³/mol. The Bertz CT molecular complexity index is 817. The van der Waals surface area contributed by atoms with Gasteiger partial charge in [0.05, 0.1) is 12.0 Å². The molecule has 0 saturated carbocycles. The van der Waals surface area contributed by atoms with Gasteiger partial charge in [-0.2, -0.15) is 0 Å². The number of nitrogens with one attached hydrogen (secondary N) is 1. The molecule has 7 heteroatoms. The Kier molecular flexibility index (Phi) is 6.19. The van der Waals surface area contributed by atoms with Gasteiger partial charge in [0.2, 0.25) is 10.0 Å². The molecule has 1 fully saturated rings. The summed E-state index contributed by atoms with van der Waals surface area (Å²) >= 11 is 5.85. The van der Waals surface area contributed by atoms with Crippen molar-refractivity contribution in [2.75, 3.05) is 26.7 Å². The van der Waals surface area contributed by atoms with E-state index < -0.39 is 10.0 Å². The molecule has 0 aromatic heterocycles. The molecule has 1 unspecified atom stereocenters. The molecule has 1 atom stereocenters. The van der Waals surface area contributed by atoms with Gasteiger partial charge in [0.25, 0.3) is 0 Å².